The SMILES string of the molecule is O=C1C2C(c3ccc(Cl)cc3Cl)OC3(C(=O)c4ccccc4C3=O)C2C(=O)N1c1cccc(C(F)(F)F)c1. The number of imide groups is 1. The van der Waals surface area contributed by atoms with Crippen LogP contribution in [0, 0.1) is 11.8 Å². The Labute approximate surface area is 222 Å². The third-order valence-electron chi connectivity index (χ3n) is 7.22. The molecule has 3 aromatic rings. The number of amides is 2. The maximum atomic E-state index is 13.9. The second kappa shape index (κ2) is 8.23. The second-order valence-electron chi connectivity index (χ2n) is 9.21. The zero-order valence-corrected chi connectivity index (χ0v) is 20.5. The Hall–Kier alpha value is -3.53. The van der Waals surface area contributed by atoms with Crippen molar-refractivity contribution in [3.05, 3.63) is 99.0 Å². The molecule has 0 aromatic heterocycles. The number of anilines is 1. The molecular formula is C27H14Cl2F3NO5. The van der Waals surface area contributed by atoms with Crippen LogP contribution in [0.2, 0.25) is 10.0 Å². The molecule has 0 saturated carbocycles. The monoisotopic (exact) mass is 559 g/mol. The molecular weight excluding hydrogens is 546 g/mol. The lowest BCUT2D eigenvalue weighted by atomic mass is 9.77. The van der Waals surface area contributed by atoms with Crippen molar-refractivity contribution < 1.29 is 37.1 Å². The molecule has 3 aliphatic rings. The number of hydrogen-bond donors (Lipinski definition) is 0. The van der Waals surface area contributed by atoms with E-state index in [1.54, 1.807) is 12.1 Å². The molecule has 11 heteroatoms. The van der Waals surface area contributed by atoms with Crippen molar-refractivity contribution in [1.82, 2.24) is 0 Å². The van der Waals surface area contributed by atoms with Gasteiger partial charge in [-0.2, -0.15) is 13.2 Å². The molecule has 3 unspecified atom stereocenters. The Kier molecular flexibility index (Phi) is 5.37. The van der Waals surface area contributed by atoms with Gasteiger partial charge < -0.3 is 4.74 Å². The van der Waals surface area contributed by atoms with E-state index in [9.17, 15) is 32.3 Å². The summed E-state index contributed by atoms with van der Waals surface area (Å²) in [6.07, 6.45) is -6.07. The van der Waals surface area contributed by atoms with Crippen LogP contribution in [-0.2, 0) is 20.5 Å². The number of ketones is 2. The molecule has 192 valence electrons. The molecule has 2 amide bonds. The van der Waals surface area contributed by atoms with Crippen molar-refractivity contribution in [2.75, 3.05) is 4.90 Å². The number of halogens is 5. The van der Waals surface area contributed by atoms with Crippen LogP contribution in [0.1, 0.15) is 37.9 Å². The molecule has 1 aliphatic carbocycles. The van der Waals surface area contributed by atoms with Crippen LogP contribution >= 0.6 is 23.2 Å². The molecule has 2 heterocycles. The summed E-state index contributed by atoms with van der Waals surface area (Å²) >= 11 is 12.4. The van der Waals surface area contributed by atoms with Crippen molar-refractivity contribution in [1.29, 1.82) is 0 Å². The molecule has 6 nitrogen and oxygen atoms in total. The Morgan fingerprint density at radius 2 is 1.47 bits per heavy atom. The number of fused-ring (bicyclic) bond motifs is 3. The number of hydrogen-bond acceptors (Lipinski definition) is 5. The number of carbonyl (C=O) groups is 4. The molecule has 0 N–H and O–H groups in total. The maximum absolute atomic E-state index is 13.9. The first-order chi connectivity index (χ1) is 18.0. The van der Waals surface area contributed by atoms with E-state index in [2.05, 4.69) is 0 Å². The van der Waals surface area contributed by atoms with Crippen molar-refractivity contribution in [2.24, 2.45) is 11.8 Å². The predicted octanol–water partition coefficient (Wildman–Crippen LogP) is 5.71. The molecule has 0 radical (unpaired) electrons. The molecule has 3 atom stereocenters. The Morgan fingerprint density at radius 3 is 2.08 bits per heavy atom. The zero-order valence-electron chi connectivity index (χ0n) is 19.0. The average Bonchev–Trinajstić information content (AvgIpc) is 3.43. The van der Waals surface area contributed by atoms with Gasteiger partial charge in [0, 0.05) is 26.7 Å². The van der Waals surface area contributed by atoms with Gasteiger partial charge >= 0.3 is 6.18 Å². The fourth-order valence-electron chi connectivity index (χ4n) is 5.61. The quantitative estimate of drug-likeness (QED) is 0.297. The van der Waals surface area contributed by atoms with Gasteiger partial charge in [-0.25, -0.2) is 4.90 Å². The Balaban J connectivity index is 1.54. The predicted molar refractivity (Wildman–Crippen MR) is 129 cm³/mol. The van der Waals surface area contributed by atoms with Crippen molar-refractivity contribution in [3.63, 3.8) is 0 Å². The van der Waals surface area contributed by atoms with Gasteiger partial charge in [-0.1, -0.05) is 59.6 Å². The summed E-state index contributed by atoms with van der Waals surface area (Å²) in [5.74, 6) is -6.57. The summed E-state index contributed by atoms with van der Waals surface area (Å²) in [6, 6.07) is 13.9. The van der Waals surface area contributed by atoms with Gasteiger partial charge in [0.15, 0.2) is 0 Å². The van der Waals surface area contributed by atoms with E-state index in [4.69, 9.17) is 27.9 Å². The van der Waals surface area contributed by atoms with Crippen LogP contribution in [0.4, 0.5) is 18.9 Å². The standard InChI is InChI=1S/C27H14Cl2F3NO5/c28-13-8-9-17(18(29)11-13)21-19-20(26(38-21)22(34)15-6-1-2-7-16(15)23(26)35)25(37)33(24(19)36)14-5-3-4-12(10-14)27(30,31)32/h1-11,19-21H. The van der Waals surface area contributed by atoms with Gasteiger partial charge in [0.1, 0.15) is 0 Å². The van der Waals surface area contributed by atoms with Crippen molar-refractivity contribution in [2.45, 2.75) is 17.9 Å². The van der Waals surface area contributed by atoms with Crippen LogP contribution in [0.15, 0.2) is 66.7 Å². The number of ether oxygens (including phenoxy) is 1. The third kappa shape index (κ3) is 3.25. The largest absolute Gasteiger partial charge is 0.416 e. The van der Waals surface area contributed by atoms with Crippen LogP contribution in [-0.4, -0.2) is 29.0 Å². The molecule has 6 rings (SSSR count). The highest BCUT2D eigenvalue weighted by molar-refractivity contribution is 6.37. The van der Waals surface area contributed by atoms with Crippen LogP contribution in [0.5, 0.6) is 0 Å². The van der Waals surface area contributed by atoms with Crippen molar-refractivity contribution >= 4 is 52.3 Å². The average molecular weight is 560 g/mol. The molecule has 2 saturated heterocycles. The highest BCUT2D eigenvalue weighted by Gasteiger charge is 2.75. The number of nitrogens with zero attached hydrogens (tertiary/aromatic N) is 1. The summed E-state index contributed by atoms with van der Waals surface area (Å²) in [7, 11) is 0. The van der Waals surface area contributed by atoms with E-state index in [1.807, 2.05) is 0 Å². The molecule has 2 aliphatic heterocycles. The van der Waals surface area contributed by atoms with E-state index < -0.39 is 58.7 Å². The number of Topliss-reactive ketones (excluding diaryl/α,β-unsaturated/α-hetero) is 2. The number of benzene rings is 3. The molecule has 3 aromatic carbocycles. The minimum Gasteiger partial charge on any atom is -0.349 e. The summed E-state index contributed by atoms with van der Waals surface area (Å²) in [6.45, 7) is 0. The van der Waals surface area contributed by atoms with Crippen molar-refractivity contribution in [3.8, 4) is 0 Å². The molecule has 1 spiro atoms. The molecule has 2 fully saturated rings. The Morgan fingerprint density at radius 1 is 0.816 bits per heavy atom. The van der Waals surface area contributed by atoms with E-state index in [0.717, 1.165) is 12.1 Å². The molecule has 38 heavy (non-hydrogen) atoms. The molecule has 0 bridgehead atoms. The minimum absolute atomic E-state index is 0.0249. The van der Waals surface area contributed by atoms with Gasteiger partial charge in [-0.15, -0.1) is 0 Å². The van der Waals surface area contributed by atoms with Gasteiger partial charge in [0.25, 0.3) is 0 Å². The first-order valence-corrected chi connectivity index (χ1v) is 12.1. The van der Waals surface area contributed by atoms with Gasteiger partial charge in [0.2, 0.25) is 29.0 Å². The summed E-state index contributed by atoms with van der Waals surface area (Å²) < 4.78 is 46.4. The first-order valence-electron chi connectivity index (χ1n) is 11.3. The summed E-state index contributed by atoms with van der Waals surface area (Å²) in [4.78, 5) is 55.7. The fourth-order valence-corrected chi connectivity index (χ4v) is 6.12. The fraction of sp³-hybridized carbons (Fsp3) is 0.185. The smallest absolute Gasteiger partial charge is 0.349 e. The minimum atomic E-state index is -4.74. The van der Waals surface area contributed by atoms with Crippen LogP contribution in [0.25, 0.3) is 0 Å². The van der Waals surface area contributed by atoms with Gasteiger partial charge in [-0.3, -0.25) is 19.2 Å². The maximum Gasteiger partial charge on any atom is 0.416 e. The lowest BCUT2D eigenvalue weighted by Crippen LogP contribution is -2.51. The Bertz CT molecular complexity index is 1550. The van der Waals surface area contributed by atoms with Gasteiger partial charge in [0.05, 0.1) is 29.2 Å². The number of rotatable bonds is 2. The van der Waals surface area contributed by atoms with E-state index in [1.165, 1.54) is 36.4 Å². The topological polar surface area (TPSA) is 80.8 Å². The van der Waals surface area contributed by atoms with Gasteiger partial charge in [-0.05, 0) is 30.3 Å². The van der Waals surface area contributed by atoms with E-state index >= 15 is 0 Å². The van der Waals surface area contributed by atoms with Crippen LogP contribution in [0.3, 0.4) is 0 Å². The normalized spacial score (nSPS) is 23.9. The number of alkyl halides is 3. The lowest BCUT2D eigenvalue weighted by Gasteiger charge is -2.27. The summed E-state index contributed by atoms with van der Waals surface area (Å²) in [5.41, 5.74) is -3.54. The summed E-state index contributed by atoms with van der Waals surface area (Å²) in [5, 5.41) is 0.328. The lowest BCUT2D eigenvalue weighted by molar-refractivity contribution is -0.137. The highest BCUT2D eigenvalue weighted by atomic mass is 35.5. The number of carbonyl (C=O) groups excluding carboxylic acids is 4. The van der Waals surface area contributed by atoms with E-state index in [-0.39, 0.29) is 32.4 Å². The van der Waals surface area contributed by atoms with Crippen LogP contribution < -0.4 is 4.90 Å². The first kappa shape index (κ1) is 24.8. The second-order valence-corrected chi connectivity index (χ2v) is 10.1. The zero-order chi connectivity index (χ0) is 27.1. The van der Waals surface area contributed by atoms with E-state index in [0.29, 0.717) is 11.0 Å². The third-order valence-corrected chi connectivity index (χ3v) is 7.78. The highest BCUT2D eigenvalue weighted by Crippen LogP contribution is 2.58.